The number of esters is 1. The molecule has 0 spiro atoms. The third kappa shape index (κ3) is 5.39. The summed E-state index contributed by atoms with van der Waals surface area (Å²) in [5.41, 5.74) is 1.48. The molecule has 2 rings (SSSR count). The summed E-state index contributed by atoms with van der Waals surface area (Å²) >= 11 is 0. The normalized spacial score (nSPS) is 10.5. The van der Waals surface area contributed by atoms with Gasteiger partial charge in [0.05, 0.1) is 13.7 Å². The van der Waals surface area contributed by atoms with Crippen molar-refractivity contribution in [2.24, 2.45) is 0 Å². The van der Waals surface area contributed by atoms with Gasteiger partial charge in [0, 0.05) is 23.6 Å². The third-order valence-electron chi connectivity index (χ3n) is 3.43. The van der Waals surface area contributed by atoms with E-state index in [0.717, 1.165) is 5.56 Å². The van der Waals surface area contributed by atoms with Gasteiger partial charge in [-0.25, -0.2) is 4.79 Å². The van der Waals surface area contributed by atoms with Gasteiger partial charge in [-0.3, -0.25) is 4.79 Å². The van der Waals surface area contributed by atoms with Crippen LogP contribution in [0.3, 0.4) is 0 Å². The van der Waals surface area contributed by atoms with Crippen molar-refractivity contribution in [2.45, 2.75) is 12.8 Å². The predicted octanol–water partition coefficient (Wildman–Crippen LogP) is 3.91. The maximum atomic E-state index is 11.9. The number of methoxy groups -OCH3 is 1. The summed E-state index contributed by atoms with van der Waals surface area (Å²) in [6, 6.07) is 16.5. The Morgan fingerprint density at radius 3 is 2.46 bits per heavy atom. The van der Waals surface area contributed by atoms with E-state index in [0.29, 0.717) is 24.2 Å². The standard InChI is InChI=1S/C20H20O4/c1-23-19-12-6-5-10-17(19)13-14-20(22)24-15-7-11-18(21)16-8-3-2-4-9-16/h2-6,8-10,12-14H,7,11,15H2,1H3. The molecule has 0 aliphatic heterocycles. The maximum Gasteiger partial charge on any atom is 0.330 e. The van der Waals surface area contributed by atoms with Gasteiger partial charge in [-0.1, -0.05) is 48.5 Å². The van der Waals surface area contributed by atoms with E-state index in [-0.39, 0.29) is 12.4 Å². The highest BCUT2D eigenvalue weighted by Crippen LogP contribution is 2.18. The Morgan fingerprint density at radius 1 is 1.00 bits per heavy atom. The minimum Gasteiger partial charge on any atom is -0.496 e. The largest absolute Gasteiger partial charge is 0.496 e. The van der Waals surface area contributed by atoms with Crippen molar-refractivity contribution < 1.29 is 19.1 Å². The number of carbonyl (C=O) groups excluding carboxylic acids is 2. The number of ketones is 1. The summed E-state index contributed by atoms with van der Waals surface area (Å²) in [6.45, 7) is 0.216. The number of hydrogen-bond acceptors (Lipinski definition) is 4. The first-order chi connectivity index (χ1) is 11.7. The van der Waals surface area contributed by atoms with Crippen molar-refractivity contribution in [1.29, 1.82) is 0 Å². The maximum absolute atomic E-state index is 11.9. The fraction of sp³-hybridized carbons (Fsp3) is 0.200. The fourth-order valence-electron chi connectivity index (χ4n) is 2.18. The van der Waals surface area contributed by atoms with Crippen LogP contribution in [0.2, 0.25) is 0 Å². The Balaban J connectivity index is 1.73. The molecule has 0 atom stereocenters. The minimum absolute atomic E-state index is 0.0520. The first kappa shape index (κ1) is 17.5. The van der Waals surface area contributed by atoms with E-state index in [2.05, 4.69) is 0 Å². The Hall–Kier alpha value is -2.88. The summed E-state index contributed by atoms with van der Waals surface area (Å²) in [5, 5.41) is 0. The molecule has 0 fully saturated rings. The zero-order valence-corrected chi connectivity index (χ0v) is 13.6. The number of rotatable bonds is 8. The molecule has 4 heteroatoms. The zero-order valence-electron chi connectivity index (χ0n) is 13.6. The second-order valence-corrected chi connectivity index (χ2v) is 5.14. The Kier molecular flexibility index (Phi) is 6.77. The highest BCUT2D eigenvalue weighted by molar-refractivity contribution is 5.96. The van der Waals surface area contributed by atoms with Gasteiger partial charge < -0.3 is 9.47 Å². The minimum atomic E-state index is -0.437. The van der Waals surface area contributed by atoms with Crippen LogP contribution in [0.15, 0.2) is 60.7 Å². The van der Waals surface area contributed by atoms with E-state index in [1.165, 1.54) is 6.08 Å². The SMILES string of the molecule is COc1ccccc1C=CC(=O)OCCCC(=O)c1ccccc1. The Labute approximate surface area is 141 Å². The van der Waals surface area contributed by atoms with Crippen LogP contribution in [0.1, 0.15) is 28.8 Å². The summed E-state index contributed by atoms with van der Waals surface area (Å²) in [6.07, 6.45) is 3.86. The van der Waals surface area contributed by atoms with E-state index in [1.807, 2.05) is 42.5 Å². The molecule has 2 aromatic carbocycles. The van der Waals surface area contributed by atoms with Gasteiger partial charge in [0.1, 0.15) is 5.75 Å². The van der Waals surface area contributed by atoms with Gasteiger partial charge in [-0.2, -0.15) is 0 Å². The smallest absolute Gasteiger partial charge is 0.330 e. The molecular formula is C20H20O4. The monoisotopic (exact) mass is 324 g/mol. The molecule has 0 unspecified atom stereocenters. The van der Waals surface area contributed by atoms with Crippen LogP contribution in [-0.4, -0.2) is 25.5 Å². The molecule has 24 heavy (non-hydrogen) atoms. The van der Waals surface area contributed by atoms with E-state index in [1.54, 1.807) is 25.3 Å². The molecule has 0 saturated heterocycles. The number of benzene rings is 2. The number of para-hydroxylation sites is 1. The first-order valence-electron chi connectivity index (χ1n) is 7.77. The van der Waals surface area contributed by atoms with Crippen LogP contribution in [0, 0.1) is 0 Å². The van der Waals surface area contributed by atoms with Crippen molar-refractivity contribution in [2.75, 3.05) is 13.7 Å². The van der Waals surface area contributed by atoms with E-state index >= 15 is 0 Å². The summed E-state index contributed by atoms with van der Waals surface area (Å²) in [5.74, 6) is 0.305. The lowest BCUT2D eigenvalue weighted by Crippen LogP contribution is -2.05. The van der Waals surface area contributed by atoms with Crippen LogP contribution in [-0.2, 0) is 9.53 Å². The molecule has 0 aliphatic carbocycles. The van der Waals surface area contributed by atoms with Gasteiger partial charge >= 0.3 is 5.97 Å². The van der Waals surface area contributed by atoms with Crippen LogP contribution >= 0.6 is 0 Å². The van der Waals surface area contributed by atoms with Crippen LogP contribution in [0.25, 0.3) is 6.08 Å². The molecule has 0 aliphatic rings. The van der Waals surface area contributed by atoms with Crippen molar-refractivity contribution >= 4 is 17.8 Å². The molecule has 124 valence electrons. The second kappa shape index (κ2) is 9.30. The number of Topliss-reactive ketones (excluding diaryl/α,β-unsaturated/α-hetero) is 1. The van der Waals surface area contributed by atoms with Gasteiger partial charge in [0.25, 0.3) is 0 Å². The van der Waals surface area contributed by atoms with E-state index < -0.39 is 5.97 Å². The lowest BCUT2D eigenvalue weighted by Gasteiger charge is -2.04. The summed E-state index contributed by atoms with van der Waals surface area (Å²) in [7, 11) is 1.58. The van der Waals surface area contributed by atoms with E-state index in [4.69, 9.17) is 9.47 Å². The molecule has 0 saturated carbocycles. The molecule has 0 radical (unpaired) electrons. The molecular weight excluding hydrogens is 304 g/mol. The highest BCUT2D eigenvalue weighted by atomic mass is 16.5. The molecule has 0 amide bonds. The molecule has 4 nitrogen and oxygen atoms in total. The zero-order chi connectivity index (χ0) is 17.2. The van der Waals surface area contributed by atoms with Crippen LogP contribution < -0.4 is 4.74 Å². The van der Waals surface area contributed by atoms with E-state index in [9.17, 15) is 9.59 Å². The Morgan fingerprint density at radius 2 is 1.71 bits per heavy atom. The average Bonchev–Trinajstić information content (AvgIpc) is 2.64. The average molecular weight is 324 g/mol. The molecule has 0 bridgehead atoms. The highest BCUT2D eigenvalue weighted by Gasteiger charge is 2.05. The van der Waals surface area contributed by atoms with Gasteiger partial charge in [0.2, 0.25) is 0 Å². The predicted molar refractivity (Wildman–Crippen MR) is 93.0 cm³/mol. The Bertz CT molecular complexity index is 705. The number of carbonyl (C=O) groups is 2. The summed E-state index contributed by atoms with van der Waals surface area (Å²) < 4.78 is 10.3. The van der Waals surface area contributed by atoms with Gasteiger partial charge in [0.15, 0.2) is 5.78 Å². The van der Waals surface area contributed by atoms with Crippen molar-refractivity contribution in [3.05, 3.63) is 71.8 Å². The fourth-order valence-corrected chi connectivity index (χ4v) is 2.18. The first-order valence-corrected chi connectivity index (χ1v) is 7.77. The third-order valence-corrected chi connectivity index (χ3v) is 3.43. The van der Waals surface area contributed by atoms with Crippen molar-refractivity contribution in [1.82, 2.24) is 0 Å². The van der Waals surface area contributed by atoms with Crippen LogP contribution in [0.4, 0.5) is 0 Å². The lowest BCUT2D eigenvalue weighted by molar-refractivity contribution is -0.137. The van der Waals surface area contributed by atoms with Crippen molar-refractivity contribution in [3.8, 4) is 5.75 Å². The quantitative estimate of drug-likeness (QED) is 0.320. The molecule has 0 N–H and O–H groups in total. The second-order valence-electron chi connectivity index (χ2n) is 5.14. The molecule has 0 heterocycles. The number of hydrogen-bond donors (Lipinski definition) is 0. The molecule has 0 aromatic heterocycles. The van der Waals surface area contributed by atoms with Crippen LogP contribution in [0.5, 0.6) is 5.75 Å². The summed E-state index contributed by atoms with van der Waals surface area (Å²) in [4.78, 5) is 23.6. The molecule has 2 aromatic rings. The van der Waals surface area contributed by atoms with Crippen molar-refractivity contribution in [3.63, 3.8) is 0 Å². The van der Waals surface area contributed by atoms with Gasteiger partial charge in [-0.15, -0.1) is 0 Å². The topological polar surface area (TPSA) is 52.6 Å². The van der Waals surface area contributed by atoms with Gasteiger partial charge in [-0.05, 0) is 18.6 Å². The number of ether oxygens (including phenoxy) is 2. The lowest BCUT2D eigenvalue weighted by atomic mass is 10.1.